The smallest absolute Gasteiger partial charge is 0.410 e. The maximum atomic E-state index is 11.7. The normalized spacial score (nSPS) is 15.2. The molecular formula is C29H44N4O8. The molecule has 2 saturated heterocycles. The number of hydrogen-bond acceptors (Lipinski definition) is 9. The Morgan fingerprint density at radius 3 is 1.44 bits per heavy atom. The van der Waals surface area contributed by atoms with E-state index in [1.54, 1.807) is 34.1 Å². The summed E-state index contributed by atoms with van der Waals surface area (Å²) in [7, 11) is 0. The first-order chi connectivity index (χ1) is 18.6. The molecule has 0 spiro atoms. The summed E-state index contributed by atoms with van der Waals surface area (Å²) in [6, 6.07) is 13.1. The Morgan fingerprint density at radius 1 is 0.780 bits per heavy atom. The number of nitro groups is 1. The van der Waals surface area contributed by atoms with E-state index >= 15 is 0 Å². The van der Waals surface area contributed by atoms with Crippen molar-refractivity contribution in [3.05, 3.63) is 58.6 Å². The predicted molar refractivity (Wildman–Crippen MR) is 157 cm³/mol. The van der Waals surface area contributed by atoms with E-state index in [0.717, 1.165) is 5.75 Å². The molecule has 2 amide bonds. The highest BCUT2D eigenvalue weighted by Gasteiger charge is 2.36. The van der Waals surface area contributed by atoms with Crippen molar-refractivity contribution in [2.45, 2.75) is 72.4 Å². The number of benzene rings is 2. The third kappa shape index (κ3) is 10.7. The second-order valence-electron chi connectivity index (χ2n) is 11.6. The van der Waals surface area contributed by atoms with E-state index in [1.165, 1.54) is 12.1 Å². The molecule has 0 atom stereocenters. The van der Waals surface area contributed by atoms with Crippen molar-refractivity contribution in [1.82, 2.24) is 9.80 Å². The SMILES string of the molecule is C.CC(C)(C)OC(=O)N1CC(Oc2ccc(N)cc2)C1.CC(C)(C)OC(=O)N1CC(Oc2ccc([N+](=O)[O-])cc2)C1.[HH]. The summed E-state index contributed by atoms with van der Waals surface area (Å²) >= 11 is 0. The number of anilines is 1. The Hall–Kier alpha value is -4.22. The van der Waals surface area contributed by atoms with E-state index < -0.39 is 16.1 Å². The third-order valence-electron chi connectivity index (χ3n) is 5.53. The lowest BCUT2D eigenvalue weighted by atomic mass is 10.1. The van der Waals surface area contributed by atoms with E-state index in [1.807, 2.05) is 53.7 Å². The molecule has 0 aromatic heterocycles. The van der Waals surface area contributed by atoms with Crippen LogP contribution in [0.4, 0.5) is 21.0 Å². The van der Waals surface area contributed by atoms with Crippen molar-refractivity contribution in [3.8, 4) is 11.5 Å². The molecule has 2 N–H and O–H groups in total. The van der Waals surface area contributed by atoms with Crippen molar-refractivity contribution in [1.29, 1.82) is 0 Å². The molecule has 12 nitrogen and oxygen atoms in total. The highest BCUT2D eigenvalue weighted by atomic mass is 16.6. The zero-order valence-corrected chi connectivity index (χ0v) is 23.8. The van der Waals surface area contributed by atoms with Crippen molar-refractivity contribution >= 4 is 23.6 Å². The van der Waals surface area contributed by atoms with Gasteiger partial charge in [-0.15, -0.1) is 0 Å². The molecule has 2 aliphatic rings. The van der Waals surface area contributed by atoms with Gasteiger partial charge in [-0.25, -0.2) is 9.59 Å². The van der Waals surface area contributed by atoms with Crippen LogP contribution in [0.2, 0.25) is 0 Å². The van der Waals surface area contributed by atoms with Gasteiger partial charge >= 0.3 is 12.2 Å². The summed E-state index contributed by atoms with van der Waals surface area (Å²) < 4.78 is 21.8. The summed E-state index contributed by atoms with van der Waals surface area (Å²) in [4.78, 5) is 36.7. The molecule has 2 heterocycles. The van der Waals surface area contributed by atoms with Crippen LogP contribution in [0.5, 0.6) is 11.5 Å². The molecule has 0 aliphatic carbocycles. The molecule has 12 heteroatoms. The van der Waals surface area contributed by atoms with Crippen LogP contribution in [0.15, 0.2) is 48.5 Å². The maximum absolute atomic E-state index is 11.7. The molecule has 0 unspecified atom stereocenters. The molecule has 0 saturated carbocycles. The quantitative estimate of drug-likeness (QED) is 0.267. The molecule has 228 valence electrons. The zero-order valence-electron chi connectivity index (χ0n) is 23.8. The predicted octanol–water partition coefficient (Wildman–Crippen LogP) is 5.74. The van der Waals surface area contributed by atoms with Gasteiger partial charge < -0.3 is 34.5 Å². The number of carbonyl (C=O) groups is 2. The molecular weight excluding hydrogens is 532 g/mol. The Kier molecular flexibility index (Phi) is 10.8. The summed E-state index contributed by atoms with van der Waals surface area (Å²) in [5.74, 6) is 1.32. The second kappa shape index (κ2) is 13.4. The first kappa shape index (κ1) is 33.0. The Morgan fingerprint density at radius 2 is 1.12 bits per heavy atom. The van der Waals surface area contributed by atoms with Crippen molar-refractivity contribution in [2.75, 3.05) is 31.9 Å². The number of amides is 2. The fraction of sp³-hybridized carbons (Fsp3) is 0.517. The van der Waals surface area contributed by atoms with Crippen molar-refractivity contribution < 1.29 is 34.9 Å². The number of carbonyl (C=O) groups excluding carboxylic acids is 2. The number of nitro benzene ring substituents is 1. The molecule has 2 aromatic carbocycles. The van der Waals surface area contributed by atoms with Crippen LogP contribution in [0, 0.1) is 10.1 Å². The van der Waals surface area contributed by atoms with Crippen LogP contribution in [0.25, 0.3) is 0 Å². The van der Waals surface area contributed by atoms with Crippen LogP contribution < -0.4 is 15.2 Å². The fourth-order valence-corrected chi connectivity index (χ4v) is 3.55. The summed E-state index contributed by atoms with van der Waals surface area (Å²) in [5.41, 5.74) is 5.35. The van der Waals surface area contributed by atoms with Crippen LogP contribution in [0.3, 0.4) is 0 Å². The monoisotopic (exact) mass is 576 g/mol. The van der Waals surface area contributed by atoms with E-state index in [9.17, 15) is 19.7 Å². The first-order valence-corrected chi connectivity index (χ1v) is 13.0. The van der Waals surface area contributed by atoms with Gasteiger partial charge in [0.2, 0.25) is 0 Å². The van der Waals surface area contributed by atoms with Gasteiger partial charge in [0.05, 0.1) is 31.1 Å². The largest absolute Gasteiger partial charge is 0.487 e. The lowest BCUT2D eigenvalue weighted by molar-refractivity contribution is -0.384. The van der Waals surface area contributed by atoms with Crippen molar-refractivity contribution in [3.63, 3.8) is 0 Å². The van der Waals surface area contributed by atoms with Crippen LogP contribution >= 0.6 is 0 Å². The van der Waals surface area contributed by atoms with Gasteiger partial charge in [0.1, 0.15) is 34.9 Å². The Bertz CT molecular complexity index is 1170. The molecule has 41 heavy (non-hydrogen) atoms. The number of ether oxygens (including phenoxy) is 4. The molecule has 4 rings (SSSR count). The Balaban J connectivity index is 0.000000403. The maximum Gasteiger partial charge on any atom is 0.410 e. The number of likely N-dealkylation sites (tertiary alicyclic amines) is 2. The average molecular weight is 577 g/mol. The average Bonchev–Trinajstić information content (AvgIpc) is 2.77. The number of non-ortho nitro benzene ring substituents is 1. The minimum Gasteiger partial charge on any atom is -0.487 e. The Labute approximate surface area is 242 Å². The first-order valence-electron chi connectivity index (χ1n) is 13.0. The van der Waals surface area contributed by atoms with Gasteiger partial charge in [-0.2, -0.15) is 0 Å². The standard InChI is InChI=1S/C14H18N2O5.C14H20N2O3.CH4.H2/c1-14(2,3)21-13(17)15-8-12(9-15)20-11-6-4-10(5-7-11)16(18)19;1-14(2,3)19-13(17)16-8-12(9-16)18-11-6-4-10(15)5-7-11;;/h4-7,12H,8-9H2,1-3H3;4-7,12H,8-9,15H2,1-3H3;1H4;1H. The van der Waals surface area contributed by atoms with Crippen LogP contribution in [-0.4, -0.2) is 76.5 Å². The zero-order chi connectivity index (χ0) is 29.7. The fourth-order valence-electron chi connectivity index (χ4n) is 3.55. The van der Waals surface area contributed by atoms with Crippen LogP contribution in [0.1, 0.15) is 50.4 Å². The second-order valence-corrected chi connectivity index (χ2v) is 11.6. The summed E-state index contributed by atoms with van der Waals surface area (Å²) in [6.45, 7) is 13.0. The number of nitrogen functional groups attached to an aromatic ring is 1. The highest BCUT2D eigenvalue weighted by Crippen LogP contribution is 2.23. The molecule has 2 fully saturated rings. The number of rotatable bonds is 5. The van der Waals surface area contributed by atoms with Crippen LogP contribution in [-0.2, 0) is 9.47 Å². The summed E-state index contributed by atoms with van der Waals surface area (Å²) in [5, 5.41) is 10.5. The van der Waals surface area contributed by atoms with Gasteiger partial charge in [0.25, 0.3) is 5.69 Å². The van der Waals surface area contributed by atoms with Gasteiger partial charge in [-0.05, 0) is 77.9 Å². The third-order valence-corrected chi connectivity index (χ3v) is 5.53. The van der Waals surface area contributed by atoms with E-state index in [2.05, 4.69) is 0 Å². The molecule has 2 aliphatic heterocycles. The van der Waals surface area contributed by atoms with Gasteiger partial charge in [0.15, 0.2) is 0 Å². The van der Waals surface area contributed by atoms with Gasteiger partial charge in [-0.3, -0.25) is 10.1 Å². The molecule has 2 aromatic rings. The van der Waals surface area contributed by atoms with Crippen molar-refractivity contribution in [2.24, 2.45) is 0 Å². The minimum atomic E-state index is -0.513. The topological polar surface area (TPSA) is 147 Å². The lowest BCUT2D eigenvalue weighted by Crippen LogP contribution is -2.57. The van der Waals surface area contributed by atoms with Gasteiger partial charge in [0, 0.05) is 19.2 Å². The lowest BCUT2D eigenvalue weighted by Gasteiger charge is -2.39. The minimum absolute atomic E-state index is 0. The van der Waals surface area contributed by atoms with Gasteiger partial charge in [-0.1, -0.05) is 7.43 Å². The number of nitrogens with two attached hydrogens (primary N) is 1. The van der Waals surface area contributed by atoms with E-state index in [0.29, 0.717) is 37.6 Å². The molecule has 0 bridgehead atoms. The number of hydrogen-bond donors (Lipinski definition) is 1. The van der Waals surface area contributed by atoms with E-state index in [4.69, 9.17) is 24.7 Å². The highest BCUT2D eigenvalue weighted by molar-refractivity contribution is 5.69. The number of nitrogens with zero attached hydrogens (tertiary/aromatic N) is 3. The molecule has 0 radical (unpaired) electrons. The van der Waals surface area contributed by atoms with E-state index in [-0.39, 0.29) is 38.9 Å². The summed E-state index contributed by atoms with van der Waals surface area (Å²) in [6.07, 6.45) is -0.731.